The zero-order chi connectivity index (χ0) is 14.5. The van der Waals surface area contributed by atoms with E-state index < -0.39 is 0 Å². The van der Waals surface area contributed by atoms with Gasteiger partial charge in [0, 0.05) is 11.4 Å². The number of rotatable bonds is 4. The van der Waals surface area contributed by atoms with E-state index in [9.17, 15) is 9.18 Å². The number of benzene rings is 2. The lowest BCUT2D eigenvalue weighted by Gasteiger charge is -2.08. The Morgan fingerprint density at radius 2 is 1.90 bits per heavy atom. The number of halogens is 3. The molecule has 0 bridgehead atoms. The molecule has 0 aliphatic rings. The lowest BCUT2D eigenvalue weighted by atomic mass is 10.1. The molecular formula is C15H12Cl2FNO. The predicted octanol–water partition coefficient (Wildman–Crippen LogP) is 4.70. The van der Waals surface area contributed by atoms with Crippen LogP contribution in [-0.4, -0.2) is 5.91 Å². The molecule has 0 radical (unpaired) electrons. The fourth-order valence-corrected chi connectivity index (χ4v) is 2.09. The van der Waals surface area contributed by atoms with Crippen molar-refractivity contribution in [1.29, 1.82) is 0 Å². The molecule has 1 amide bonds. The molecule has 5 heteroatoms. The van der Waals surface area contributed by atoms with Gasteiger partial charge >= 0.3 is 0 Å². The zero-order valence-corrected chi connectivity index (χ0v) is 12.0. The molecule has 104 valence electrons. The molecule has 0 spiro atoms. The highest BCUT2D eigenvalue weighted by atomic mass is 35.5. The Kier molecular flexibility index (Phi) is 4.99. The van der Waals surface area contributed by atoms with Gasteiger partial charge in [0.2, 0.25) is 5.91 Å². The number of carbonyl (C=O) groups is 1. The molecule has 2 nitrogen and oxygen atoms in total. The molecule has 0 heterocycles. The van der Waals surface area contributed by atoms with E-state index in [0.29, 0.717) is 27.7 Å². The van der Waals surface area contributed by atoms with Crippen LogP contribution in [0.1, 0.15) is 12.0 Å². The molecule has 0 saturated heterocycles. The summed E-state index contributed by atoms with van der Waals surface area (Å²) >= 11 is 11.8. The summed E-state index contributed by atoms with van der Waals surface area (Å²) in [6, 6.07) is 11.2. The van der Waals surface area contributed by atoms with Crippen LogP contribution in [0.5, 0.6) is 0 Å². The minimum absolute atomic E-state index is 0.170. The van der Waals surface area contributed by atoms with E-state index >= 15 is 0 Å². The summed E-state index contributed by atoms with van der Waals surface area (Å²) in [5.74, 6) is -0.543. The summed E-state index contributed by atoms with van der Waals surface area (Å²) < 4.78 is 13.4. The van der Waals surface area contributed by atoms with Crippen LogP contribution in [0.2, 0.25) is 10.0 Å². The van der Waals surface area contributed by atoms with E-state index in [-0.39, 0.29) is 18.1 Å². The van der Waals surface area contributed by atoms with Crippen LogP contribution in [-0.2, 0) is 11.2 Å². The van der Waals surface area contributed by atoms with Crippen LogP contribution in [0.15, 0.2) is 42.5 Å². The average molecular weight is 312 g/mol. The Balaban J connectivity index is 1.96. The number of hydrogen-bond donors (Lipinski definition) is 1. The summed E-state index contributed by atoms with van der Waals surface area (Å²) in [6.45, 7) is 0. The van der Waals surface area contributed by atoms with Crippen molar-refractivity contribution in [2.24, 2.45) is 0 Å². The predicted molar refractivity (Wildman–Crippen MR) is 79.8 cm³/mol. The fourth-order valence-electron chi connectivity index (χ4n) is 1.76. The van der Waals surface area contributed by atoms with Gasteiger partial charge in [-0.3, -0.25) is 4.79 Å². The highest BCUT2D eigenvalue weighted by molar-refractivity contribution is 6.35. The van der Waals surface area contributed by atoms with Crippen LogP contribution < -0.4 is 5.32 Å². The van der Waals surface area contributed by atoms with Gasteiger partial charge in [-0.15, -0.1) is 0 Å². The van der Waals surface area contributed by atoms with E-state index in [4.69, 9.17) is 23.2 Å². The molecular weight excluding hydrogens is 300 g/mol. The molecule has 0 saturated carbocycles. The quantitative estimate of drug-likeness (QED) is 0.871. The molecule has 20 heavy (non-hydrogen) atoms. The molecule has 0 aliphatic heterocycles. The van der Waals surface area contributed by atoms with E-state index in [1.165, 1.54) is 6.07 Å². The van der Waals surface area contributed by atoms with E-state index in [2.05, 4.69) is 5.32 Å². The first kappa shape index (κ1) is 14.8. The highest BCUT2D eigenvalue weighted by Gasteiger charge is 2.08. The maximum Gasteiger partial charge on any atom is 0.224 e. The summed E-state index contributed by atoms with van der Waals surface area (Å²) in [5, 5.41) is 3.56. The number of aryl methyl sites for hydroxylation is 1. The van der Waals surface area contributed by atoms with Gasteiger partial charge in [0.1, 0.15) is 5.82 Å². The molecule has 2 rings (SSSR count). The first-order valence-electron chi connectivity index (χ1n) is 6.04. The molecule has 0 aromatic heterocycles. The van der Waals surface area contributed by atoms with Gasteiger partial charge in [-0.25, -0.2) is 4.39 Å². The molecule has 1 N–H and O–H groups in total. The second-order valence-corrected chi connectivity index (χ2v) is 5.11. The van der Waals surface area contributed by atoms with Crippen LogP contribution in [0.4, 0.5) is 10.1 Å². The molecule has 2 aromatic carbocycles. The van der Waals surface area contributed by atoms with Crippen molar-refractivity contribution in [2.45, 2.75) is 12.8 Å². The smallest absolute Gasteiger partial charge is 0.224 e. The van der Waals surface area contributed by atoms with Gasteiger partial charge in [-0.1, -0.05) is 41.4 Å². The Hall–Kier alpha value is -1.58. The summed E-state index contributed by atoms with van der Waals surface area (Å²) in [4.78, 5) is 11.8. The minimum Gasteiger partial charge on any atom is -0.325 e. The van der Waals surface area contributed by atoms with Crippen molar-refractivity contribution in [2.75, 3.05) is 5.32 Å². The van der Waals surface area contributed by atoms with Crippen LogP contribution >= 0.6 is 23.2 Å². The topological polar surface area (TPSA) is 29.1 Å². The fraction of sp³-hybridized carbons (Fsp3) is 0.133. The number of nitrogens with one attached hydrogen (secondary N) is 1. The Bertz CT molecular complexity index is 631. The monoisotopic (exact) mass is 311 g/mol. The van der Waals surface area contributed by atoms with Crippen LogP contribution in [0.25, 0.3) is 0 Å². The minimum atomic E-state index is -0.305. The summed E-state index contributed by atoms with van der Waals surface area (Å²) in [7, 11) is 0. The third-order valence-corrected chi connectivity index (χ3v) is 3.35. The zero-order valence-electron chi connectivity index (χ0n) is 10.5. The van der Waals surface area contributed by atoms with Gasteiger partial charge in [0.15, 0.2) is 0 Å². The normalized spacial score (nSPS) is 10.3. The van der Waals surface area contributed by atoms with Gasteiger partial charge in [0.05, 0.1) is 10.7 Å². The maximum atomic E-state index is 13.4. The second-order valence-electron chi connectivity index (χ2n) is 4.26. The summed E-state index contributed by atoms with van der Waals surface area (Å²) in [5.41, 5.74) is 0.970. The van der Waals surface area contributed by atoms with E-state index in [0.717, 1.165) is 0 Å². The molecule has 0 aliphatic carbocycles. The molecule has 2 aromatic rings. The summed E-state index contributed by atoms with van der Waals surface area (Å²) in [6.07, 6.45) is 0.500. The van der Waals surface area contributed by atoms with Crippen LogP contribution in [0.3, 0.4) is 0 Å². The van der Waals surface area contributed by atoms with Crippen molar-refractivity contribution >= 4 is 34.8 Å². The van der Waals surface area contributed by atoms with E-state index in [1.54, 1.807) is 36.4 Å². The standard InChI is InChI=1S/C15H12Cl2FNO/c16-11-6-7-12(17)14(9-11)19-15(20)8-5-10-3-1-2-4-13(10)18/h1-4,6-7,9H,5,8H2,(H,19,20). The lowest BCUT2D eigenvalue weighted by Crippen LogP contribution is -2.13. The van der Waals surface area contributed by atoms with Crippen molar-refractivity contribution in [1.82, 2.24) is 0 Å². The van der Waals surface area contributed by atoms with Crippen molar-refractivity contribution < 1.29 is 9.18 Å². The third-order valence-electron chi connectivity index (χ3n) is 2.78. The Labute approximate surface area is 126 Å². The second kappa shape index (κ2) is 6.73. The highest BCUT2D eigenvalue weighted by Crippen LogP contribution is 2.25. The number of anilines is 1. The van der Waals surface area contributed by atoms with Gasteiger partial charge in [-0.05, 0) is 36.2 Å². The largest absolute Gasteiger partial charge is 0.325 e. The van der Waals surface area contributed by atoms with Gasteiger partial charge < -0.3 is 5.32 Å². The average Bonchev–Trinajstić information content (AvgIpc) is 2.42. The third kappa shape index (κ3) is 3.95. The number of amides is 1. The number of carbonyl (C=O) groups excluding carboxylic acids is 1. The van der Waals surface area contributed by atoms with Gasteiger partial charge in [-0.2, -0.15) is 0 Å². The lowest BCUT2D eigenvalue weighted by molar-refractivity contribution is -0.116. The van der Waals surface area contributed by atoms with Crippen molar-refractivity contribution in [3.05, 3.63) is 63.9 Å². The van der Waals surface area contributed by atoms with Crippen molar-refractivity contribution in [3.63, 3.8) is 0 Å². The van der Waals surface area contributed by atoms with Crippen molar-refractivity contribution in [3.8, 4) is 0 Å². The van der Waals surface area contributed by atoms with Gasteiger partial charge in [0.25, 0.3) is 0 Å². The molecule has 0 unspecified atom stereocenters. The Morgan fingerprint density at radius 3 is 2.65 bits per heavy atom. The SMILES string of the molecule is O=C(CCc1ccccc1F)Nc1cc(Cl)ccc1Cl. The first-order valence-corrected chi connectivity index (χ1v) is 6.80. The number of hydrogen-bond acceptors (Lipinski definition) is 1. The maximum absolute atomic E-state index is 13.4. The van der Waals surface area contributed by atoms with Crippen LogP contribution in [0, 0.1) is 5.82 Å². The first-order chi connectivity index (χ1) is 9.56. The molecule has 0 fully saturated rings. The Morgan fingerprint density at radius 1 is 1.15 bits per heavy atom. The van der Waals surface area contributed by atoms with E-state index in [1.807, 2.05) is 0 Å². The molecule has 0 atom stereocenters.